The van der Waals surface area contributed by atoms with Crippen LogP contribution in [0.3, 0.4) is 0 Å². The summed E-state index contributed by atoms with van der Waals surface area (Å²) in [6.45, 7) is 2.48. The SMILES string of the molecule is Nc1ncnc2c(CN3CC(CSC4CCCCCC4)[C@H](O)C3)c[nH]c12. The maximum atomic E-state index is 10.5. The number of anilines is 1. The van der Waals surface area contributed by atoms with Crippen molar-refractivity contribution >= 4 is 28.6 Å². The van der Waals surface area contributed by atoms with E-state index in [1.165, 1.54) is 44.9 Å². The molecule has 6 nitrogen and oxygen atoms in total. The Labute approximate surface area is 159 Å². The van der Waals surface area contributed by atoms with Crippen molar-refractivity contribution in [3.63, 3.8) is 0 Å². The number of hydrogen-bond acceptors (Lipinski definition) is 6. The van der Waals surface area contributed by atoms with E-state index in [0.717, 1.165) is 47.2 Å². The Morgan fingerprint density at radius 1 is 1.19 bits per heavy atom. The van der Waals surface area contributed by atoms with E-state index in [1.54, 1.807) is 0 Å². The predicted octanol–water partition coefficient (Wildman–Crippen LogP) is 2.79. The van der Waals surface area contributed by atoms with Gasteiger partial charge in [0.1, 0.15) is 11.8 Å². The lowest BCUT2D eigenvalue weighted by atomic mass is 10.1. The van der Waals surface area contributed by atoms with Crippen LogP contribution in [-0.2, 0) is 6.54 Å². The van der Waals surface area contributed by atoms with E-state index in [1.807, 2.05) is 6.20 Å². The van der Waals surface area contributed by atoms with E-state index in [2.05, 4.69) is 31.6 Å². The first-order chi connectivity index (χ1) is 12.7. The topological polar surface area (TPSA) is 91.1 Å². The molecule has 4 N–H and O–H groups in total. The van der Waals surface area contributed by atoms with Crippen molar-refractivity contribution in [2.45, 2.75) is 56.4 Å². The number of nitrogen functional groups attached to an aromatic ring is 1. The average Bonchev–Trinajstić information content (AvgIpc) is 3.08. The van der Waals surface area contributed by atoms with E-state index in [0.29, 0.717) is 11.7 Å². The second-order valence-corrected chi connectivity index (χ2v) is 9.10. The van der Waals surface area contributed by atoms with Crippen LogP contribution in [0.2, 0.25) is 0 Å². The number of hydrogen-bond donors (Lipinski definition) is 3. The quantitative estimate of drug-likeness (QED) is 0.696. The molecule has 1 saturated carbocycles. The van der Waals surface area contributed by atoms with Crippen molar-refractivity contribution in [2.24, 2.45) is 5.92 Å². The molecule has 0 amide bonds. The zero-order valence-electron chi connectivity index (χ0n) is 15.2. The van der Waals surface area contributed by atoms with Crippen molar-refractivity contribution in [1.29, 1.82) is 0 Å². The lowest BCUT2D eigenvalue weighted by Crippen LogP contribution is -2.21. The van der Waals surface area contributed by atoms with Gasteiger partial charge in [-0.1, -0.05) is 25.7 Å². The third-order valence-electron chi connectivity index (χ3n) is 5.80. The molecule has 1 aliphatic heterocycles. The van der Waals surface area contributed by atoms with Gasteiger partial charge in [0.25, 0.3) is 0 Å². The lowest BCUT2D eigenvalue weighted by molar-refractivity contribution is 0.149. The molecule has 2 aromatic rings. The molecule has 1 aliphatic carbocycles. The van der Waals surface area contributed by atoms with Crippen LogP contribution in [0.1, 0.15) is 44.1 Å². The molecule has 0 aromatic carbocycles. The van der Waals surface area contributed by atoms with Crippen molar-refractivity contribution < 1.29 is 5.11 Å². The number of aromatic nitrogens is 3. The molecule has 2 aliphatic rings. The highest BCUT2D eigenvalue weighted by Crippen LogP contribution is 2.31. The number of likely N-dealkylation sites (tertiary alicyclic amines) is 1. The zero-order valence-corrected chi connectivity index (χ0v) is 16.0. The molecule has 1 saturated heterocycles. The number of β-amino-alcohol motifs (C(OH)–C–C–N with tert-alkyl or cyclic N) is 1. The second kappa shape index (κ2) is 8.15. The summed E-state index contributed by atoms with van der Waals surface area (Å²) in [5.74, 6) is 1.93. The van der Waals surface area contributed by atoms with Gasteiger partial charge in [-0.2, -0.15) is 11.8 Å². The van der Waals surface area contributed by atoms with E-state index in [-0.39, 0.29) is 6.10 Å². The molecule has 2 atom stereocenters. The van der Waals surface area contributed by atoms with Crippen LogP contribution in [0.25, 0.3) is 11.0 Å². The van der Waals surface area contributed by atoms with Crippen LogP contribution in [-0.4, -0.2) is 55.2 Å². The number of nitrogens with zero attached hydrogens (tertiary/aromatic N) is 3. The molecule has 0 spiro atoms. The van der Waals surface area contributed by atoms with Gasteiger partial charge in [0, 0.05) is 48.3 Å². The molecular formula is C19H29N5OS. The van der Waals surface area contributed by atoms with Gasteiger partial charge < -0.3 is 15.8 Å². The number of H-pyrrole nitrogens is 1. The van der Waals surface area contributed by atoms with E-state index < -0.39 is 0 Å². The van der Waals surface area contributed by atoms with Crippen LogP contribution < -0.4 is 5.73 Å². The van der Waals surface area contributed by atoms with E-state index in [9.17, 15) is 5.11 Å². The Bertz CT molecular complexity index is 728. The normalized spacial score (nSPS) is 25.7. The van der Waals surface area contributed by atoms with Crippen molar-refractivity contribution in [1.82, 2.24) is 19.9 Å². The fourth-order valence-electron chi connectivity index (χ4n) is 4.28. The lowest BCUT2D eigenvalue weighted by Gasteiger charge is -2.18. The molecule has 142 valence electrons. The average molecular weight is 376 g/mol. The molecule has 7 heteroatoms. The van der Waals surface area contributed by atoms with Crippen LogP contribution in [0.5, 0.6) is 0 Å². The number of rotatable bonds is 5. The minimum absolute atomic E-state index is 0.224. The summed E-state index contributed by atoms with van der Waals surface area (Å²) in [6, 6.07) is 0. The first kappa shape index (κ1) is 18.1. The number of nitrogens with two attached hydrogens (primary N) is 1. The van der Waals surface area contributed by atoms with Gasteiger partial charge >= 0.3 is 0 Å². The highest BCUT2D eigenvalue weighted by Gasteiger charge is 2.32. The van der Waals surface area contributed by atoms with Crippen LogP contribution in [0.4, 0.5) is 5.82 Å². The number of aromatic amines is 1. The summed E-state index contributed by atoms with van der Waals surface area (Å²) in [4.78, 5) is 13.9. The summed E-state index contributed by atoms with van der Waals surface area (Å²) in [5, 5.41) is 11.3. The van der Waals surface area contributed by atoms with E-state index >= 15 is 0 Å². The molecule has 2 aromatic heterocycles. The molecular weight excluding hydrogens is 346 g/mol. The summed E-state index contributed by atoms with van der Waals surface area (Å²) < 4.78 is 0. The number of fused-ring (bicyclic) bond motifs is 1. The Balaban J connectivity index is 1.33. The van der Waals surface area contributed by atoms with Crippen molar-refractivity contribution in [3.8, 4) is 0 Å². The standard InChI is InChI=1S/C19H29N5OS/c20-19-18-17(22-12-23-19)13(7-21-18)8-24-9-14(16(25)10-24)11-26-15-5-3-1-2-4-6-15/h7,12,14-16,21,25H,1-6,8-11H2,(H2,20,22,23)/t14?,16-/m1/s1. The Hall–Kier alpha value is -1.31. The summed E-state index contributed by atoms with van der Waals surface area (Å²) in [7, 11) is 0. The molecule has 1 unspecified atom stereocenters. The monoisotopic (exact) mass is 375 g/mol. The molecule has 2 fully saturated rings. The molecule has 0 bridgehead atoms. The first-order valence-corrected chi connectivity index (χ1v) is 10.8. The van der Waals surface area contributed by atoms with Crippen LogP contribution in [0.15, 0.2) is 12.5 Å². The van der Waals surface area contributed by atoms with Crippen molar-refractivity contribution in [2.75, 3.05) is 24.6 Å². The summed E-state index contributed by atoms with van der Waals surface area (Å²) in [5.41, 5.74) is 8.73. The Morgan fingerprint density at radius 3 is 2.81 bits per heavy atom. The number of aliphatic hydroxyl groups is 1. The third kappa shape index (κ3) is 4.00. The third-order valence-corrected chi connectivity index (χ3v) is 7.36. The molecule has 26 heavy (non-hydrogen) atoms. The predicted molar refractivity (Wildman–Crippen MR) is 107 cm³/mol. The smallest absolute Gasteiger partial charge is 0.151 e. The van der Waals surface area contributed by atoms with Crippen LogP contribution >= 0.6 is 11.8 Å². The number of thioether (sulfide) groups is 1. The fourth-order valence-corrected chi connectivity index (χ4v) is 5.79. The fraction of sp³-hybridized carbons (Fsp3) is 0.684. The Kier molecular flexibility index (Phi) is 5.66. The van der Waals surface area contributed by atoms with Gasteiger partial charge in [-0.05, 0) is 12.8 Å². The van der Waals surface area contributed by atoms with Crippen LogP contribution in [0, 0.1) is 5.92 Å². The Morgan fingerprint density at radius 2 is 2.00 bits per heavy atom. The maximum Gasteiger partial charge on any atom is 0.151 e. The van der Waals surface area contributed by atoms with E-state index in [4.69, 9.17) is 5.73 Å². The second-order valence-electron chi connectivity index (χ2n) is 7.76. The molecule has 3 heterocycles. The minimum Gasteiger partial charge on any atom is -0.391 e. The molecule has 0 radical (unpaired) electrons. The molecule has 4 rings (SSSR count). The highest BCUT2D eigenvalue weighted by molar-refractivity contribution is 7.99. The first-order valence-electron chi connectivity index (χ1n) is 9.79. The van der Waals surface area contributed by atoms with Gasteiger partial charge in [0.05, 0.1) is 11.6 Å². The van der Waals surface area contributed by atoms with Gasteiger partial charge in [-0.3, -0.25) is 4.90 Å². The van der Waals surface area contributed by atoms with Gasteiger partial charge in [-0.15, -0.1) is 0 Å². The maximum absolute atomic E-state index is 10.5. The number of aliphatic hydroxyl groups excluding tert-OH is 1. The van der Waals surface area contributed by atoms with Gasteiger partial charge in [-0.25, -0.2) is 9.97 Å². The van der Waals surface area contributed by atoms with Crippen molar-refractivity contribution in [3.05, 3.63) is 18.1 Å². The van der Waals surface area contributed by atoms with Gasteiger partial charge in [0.2, 0.25) is 0 Å². The summed E-state index contributed by atoms with van der Waals surface area (Å²) in [6.07, 6.45) is 11.5. The zero-order chi connectivity index (χ0) is 17.9. The largest absolute Gasteiger partial charge is 0.391 e. The number of nitrogens with one attached hydrogen (secondary N) is 1. The minimum atomic E-state index is -0.224. The highest BCUT2D eigenvalue weighted by atomic mass is 32.2. The van der Waals surface area contributed by atoms with Gasteiger partial charge in [0.15, 0.2) is 5.82 Å². The summed E-state index contributed by atoms with van der Waals surface area (Å²) >= 11 is 2.10.